The zero-order valence-electron chi connectivity index (χ0n) is 11.6. The second-order valence-electron chi connectivity index (χ2n) is 5.55. The fourth-order valence-electron chi connectivity index (χ4n) is 3.09. The maximum Gasteiger partial charge on any atom is 0.159 e. The lowest BCUT2D eigenvalue weighted by Gasteiger charge is -2.25. The Bertz CT molecular complexity index is 525. The van der Waals surface area contributed by atoms with Gasteiger partial charge in [0, 0.05) is 24.7 Å². The molecule has 3 rings (SSSR count). The number of hydrogen-bond acceptors (Lipinski definition) is 3. The fourth-order valence-corrected chi connectivity index (χ4v) is 3.09. The van der Waals surface area contributed by atoms with E-state index in [2.05, 4.69) is 4.98 Å². The molecule has 1 aliphatic carbocycles. The van der Waals surface area contributed by atoms with E-state index in [-0.39, 0.29) is 12.0 Å². The van der Waals surface area contributed by atoms with Crippen LogP contribution < -0.4 is 0 Å². The third-order valence-corrected chi connectivity index (χ3v) is 4.20. The van der Waals surface area contributed by atoms with Crippen molar-refractivity contribution in [1.82, 2.24) is 9.55 Å². The second-order valence-corrected chi connectivity index (χ2v) is 5.55. The Kier molecular flexibility index (Phi) is 4.00. The van der Waals surface area contributed by atoms with E-state index < -0.39 is 0 Å². The Labute approximate surface area is 118 Å². The van der Waals surface area contributed by atoms with Gasteiger partial charge in [-0.3, -0.25) is 4.79 Å². The van der Waals surface area contributed by atoms with Crippen molar-refractivity contribution in [1.29, 1.82) is 0 Å². The molecule has 0 aliphatic heterocycles. The summed E-state index contributed by atoms with van der Waals surface area (Å²) in [5.74, 6) is 1.39. The summed E-state index contributed by atoms with van der Waals surface area (Å²) in [5, 5.41) is 0. The zero-order valence-corrected chi connectivity index (χ0v) is 11.6. The van der Waals surface area contributed by atoms with E-state index in [0.29, 0.717) is 12.2 Å². The average molecular weight is 272 g/mol. The molecule has 0 N–H and O–H groups in total. The average Bonchev–Trinajstić information content (AvgIpc) is 3.18. The van der Waals surface area contributed by atoms with E-state index in [0.717, 1.165) is 18.6 Å². The summed E-state index contributed by atoms with van der Waals surface area (Å²) in [5.41, 5.74) is 0. The van der Waals surface area contributed by atoms with Gasteiger partial charge in [-0.2, -0.15) is 0 Å². The summed E-state index contributed by atoms with van der Waals surface area (Å²) in [6.07, 6.45) is 13.3. The van der Waals surface area contributed by atoms with Gasteiger partial charge in [-0.15, -0.1) is 0 Å². The summed E-state index contributed by atoms with van der Waals surface area (Å²) >= 11 is 0. The lowest BCUT2D eigenvalue weighted by molar-refractivity contribution is -0.127. The maximum atomic E-state index is 12.8. The number of rotatable bonds is 5. The Hall–Kier alpha value is -1.84. The molecule has 2 aromatic heterocycles. The van der Waals surface area contributed by atoms with Crippen LogP contribution in [0.2, 0.25) is 0 Å². The van der Waals surface area contributed by atoms with Crippen LogP contribution in [-0.4, -0.2) is 15.3 Å². The predicted molar refractivity (Wildman–Crippen MR) is 75.3 cm³/mol. The molecule has 1 atom stereocenters. The van der Waals surface area contributed by atoms with E-state index in [9.17, 15) is 4.79 Å². The van der Waals surface area contributed by atoms with Gasteiger partial charge in [0.05, 0.1) is 12.6 Å². The summed E-state index contributed by atoms with van der Waals surface area (Å²) in [4.78, 5) is 16.9. The van der Waals surface area contributed by atoms with Gasteiger partial charge in [0.2, 0.25) is 0 Å². The summed E-state index contributed by atoms with van der Waals surface area (Å²) in [7, 11) is 0. The molecule has 0 aromatic carbocycles. The van der Waals surface area contributed by atoms with Gasteiger partial charge in [0.25, 0.3) is 0 Å². The molecule has 0 saturated heterocycles. The minimum absolute atomic E-state index is 0.188. The summed E-state index contributed by atoms with van der Waals surface area (Å²) in [6.45, 7) is 0. The number of carbonyl (C=O) groups excluding carboxylic acids is 1. The van der Waals surface area contributed by atoms with Crippen LogP contribution in [-0.2, 0) is 11.2 Å². The van der Waals surface area contributed by atoms with E-state index in [4.69, 9.17) is 4.42 Å². The highest BCUT2D eigenvalue weighted by atomic mass is 16.3. The first-order valence-electron chi connectivity index (χ1n) is 7.38. The second kappa shape index (κ2) is 6.07. The molecule has 0 bridgehead atoms. The summed E-state index contributed by atoms with van der Waals surface area (Å²) < 4.78 is 7.33. The van der Waals surface area contributed by atoms with Gasteiger partial charge >= 0.3 is 0 Å². The number of nitrogens with zero attached hydrogens (tertiary/aromatic N) is 2. The quantitative estimate of drug-likeness (QED) is 0.838. The highest BCUT2D eigenvalue weighted by Crippen LogP contribution is 2.29. The SMILES string of the molecule is O=C(C1CCCCC1)C(Cc1ccco1)n1ccnc1. The largest absolute Gasteiger partial charge is 0.469 e. The number of ketones is 1. The highest BCUT2D eigenvalue weighted by molar-refractivity contribution is 5.85. The van der Waals surface area contributed by atoms with Gasteiger partial charge in [-0.1, -0.05) is 19.3 Å². The van der Waals surface area contributed by atoms with Crippen LogP contribution in [0.1, 0.15) is 43.9 Å². The van der Waals surface area contributed by atoms with Crippen molar-refractivity contribution in [3.63, 3.8) is 0 Å². The molecule has 2 aromatic rings. The molecule has 20 heavy (non-hydrogen) atoms. The normalized spacial score (nSPS) is 18.0. The number of furan rings is 1. The minimum Gasteiger partial charge on any atom is -0.469 e. The summed E-state index contributed by atoms with van der Waals surface area (Å²) in [6, 6.07) is 3.61. The minimum atomic E-state index is -0.188. The van der Waals surface area contributed by atoms with Crippen LogP contribution >= 0.6 is 0 Å². The Balaban J connectivity index is 1.79. The standard InChI is InChI=1S/C16H20N2O2/c19-16(13-5-2-1-3-6-13)15(18-9-8-17-12-18)11-14-7-4-10-20-14/h4,7-10,12-13,15H,1-3,5-6,11H2. The number of hydrogen-bond donors (Lipinski definition) is 0. The van der Waals surface area contributed by atoms with Crippen LogP contribution in [0.4, 0.5) is 0 Å². The van der Waals surface area contributed by atoms with E-state index in [1.807, 2.05) is 22.9 Å². The number of Topliss-reactive ketones (excluding diaryl/α,β-unsaturated/α-hetero) is 1. The monoisotopic (exact) mass is 272 g/mol. The molecule has 0 amide bonds. The molecule has 1 unspecified atom stereocenters. The van der Waals surface area contributed by atoms with Crippen LogP contribution in [0.3, 0.4) is 0 Å². The molecule has 0 radical (unpaired) electrons. The lowest BCUT2D eigenvalue weighted by atomic mass is 9.83. The lowest BCUT2D eigenvalue weighted by Crippen LogP contribution is -2.29. The van der Waals surface area contributed by atoms with Gasteiger partial charge in [-0.25, -0.2) is 4.98 Å². The van der Waals surface area contributed by atoms with Gasteiger partial charge in [0.1, 0.15) is 11.8 Å². The van der Waals surface area contributed by atoms with Crippen molar-refractivity contribution in [2.24, 2.45) is 5.92 Å². The molecule has 0 spiro atoms. The van der Waals surface area contributed by atoms with E-state index in [1.165, 1.54) is 19.3 Å². The van der Waals surface area contributed by atoms with Crippen LogP contribution in [0.25, 0.3) is 0 Å². The van der Waals surface area contributed by atoms with Crippen LogP contribution in [0.15, 0.2) is 41.5 Å². The zero-order chi connectivity index (χ0) is 13.8. The van der Waals surface area contributed by atoms with Crippen molar-refractivity contribution in [3.05, 3.63) is 42.9 Å². The molecule has 1 aliphatic rings. The van der Waals surface area contributed by atoms with E-state index in [1.54, 1.807) is 18.8 Å². The Morgan fingerprint density at radius 1 is 1.40 bits per heavy atom. The highest BCUT2D eigenvalue weighted by Gasteiger charge is 2.29. The fraction of sp³-hybridized carbons (Fsp3) is 0.500. The topological polar surface area (TPSA) is 48.0 Å². The Morgan fingerprint density at radius 3 is 2.90 bits per heavy atom. The van der Waals surface area contributed by atoms with Crippen molar-refractivity contribution < 1.29 is 9.21 Å². The molecule has 2 heterocycles. The molecular weight excluding hydrogens is 252 g/mol. The van der Waals surface area contributed by atoms with Gasteiger partial charge in [-0.05, 0) is 25.0 Å². The van der Waals surface area contributed by atoms with Crippen molar-refractivity contribution in [2.75, 3.05) is 0 Å². The van der Waals surface area contributed by atoms with Gasteiger partial charge in [0.15, 0.2) is 5.78 Å². The molecule has 4 nitrogen and oxygen atoms in total. The third kappa shape index (κ3) is 2.84. The van der Waals surface area contributed by atoms with Crippen molar-refractivity contribution >= 4 is 5.78 Å². The third-order valence-electron chi connectivity index (χ3n) is 4.20. The van der Waals surface area contributed by atoms with Crippen LogP contribution in [0, 0.1) is 5.92 Å². The van der Waals surface area contributed by atoms with Crippen molar-refractivity contribution in [2.45, 2.75) is 44.6 Å². The van der Waals surface area contributed by atoms with Crippen molar-refractivity contribution in [3.8, 4) is 0 Å². The first-order valence-corrected chi connectivity index (χ1v) is 7.38. The number of imidazole rings is 1. The smallest absolute Gasteiger partial charge is 0.159 e. The molecule has 1 fully saturated rings. The first-order chi connectivity index (χ1) is 9.84. The number of carbonyl (C=O) groups is 1. The maximum absolute atomic E-state index is 12.8. The molecular formula is C16H20N2O2. The Morgan fingerprint density at radius 2 is 2.25 bits per heavy atom. The van der Waals surface area contributed by atoms with Crippen LogP contribution in [0.5, 0.6) is 0 Å². The predicted octanol–water partition coefficient (Wildman–Crippen LogP) is 3.41. The molecule has 1 saturated carbocycles. The first kappa shape index (κ1) is 13.2. The molecule has 4 heteroatoms. The van der Waals surface area contributed by atoms with Gasteiger partial charge < -0.3 is 8.98 Å². The number of aromatic nitrogens is 2. The van der Waals surface area contributed by atoms with E-state index >= 15 is 0 Å². The molecule has 106 valence electrons.